The molecule has 0 saturated heterocycles. The third-order valence-electron chi connectivity index (χ3n) is 2.68. The number of carbonyl (C=O) groups is 1. The monoisotopic (exact) mass is 192 g/mol. The van der Waals surface area contributed by atoms with Gasteiger partial charge in [0.05, 0.1) is 0 Å². The zero-order chi connectivity index (χ0) is 9.97. The van der Waals surface area contributed by atoms with Crippen LogP contribution in [0.25, 0.3) is 0 Å². The Morgan fingerprint density at radius 3 is 2.71 bits per heavy atom. The molecule has 4 heteroatoms. The van der Waals surface area contributed by atoms with Gasteiger partial charge in [-0.3, -0.25) is 0 Å². The normalized spacial score (nSPS) is 17.1. The lowest BCUT2D eigenvalue weighted by molar-refractivity contribution is 0.0690. The SMILES string of the molecule is O=C(O)c1cc(C2CCCC2)ncn1. The van der Waals surface area contributed by atoms with Crippen LogP contribution in [0.1, 0.15) is 47.8 Å². The van der Waals surface area contributed by atoms with E-state index >= 15 is 0 Å². The third-order valence-corrected chi connectivity index (χ3v) is 2.68. The molecule has 1 aliphatic rings. The first-order chi connectivity index (χ1) is 6.77. The van der Waals surface area contributed by atoms with Gasteiger partial charge in [0, 0.05) is 11.6 Å². The van der Waals surface area contributed by atoms with Crippen LogP contribution in [0.5, 0.6) is 0 Å². The lowest BCUT2D eigenvalue weighted by Gasteiger charge is -2.07. The Morgan fingerprint density at radius 2 is 2.07 bits per heavy atom. The van der Waals surface area contributed by atoms with Crippen molar-refractivity contribution in [3.8, 4) is 0 Å². The average Bonchev–Trinajstić information content (AvgIpc) is 2.71. The molecule has 0 bridgehead atoms. The zero-order valence-corrected chi connectivity index (χ0v) is 7.81. The van der Waals surface area contributed by atoms with E-state index in [1.54, 1.807) is 6.07 Å². The van der Waals surface area contributed by atoms with E-state index < -0.39 is 5.97 Å². The molecule has 74 valence electrons. The lowest BCUT2D eigenvalue weighted by atomic mass is 10.0. The molecule has 1 saturated carbocycles. The molecule has 1 fully saturated rings. The molecule has 1 aromatic heterocycles. The summed E-state index contributed by atoms with van der Waals surface area (Å²) in [6.07, 6.45) is 6.03. The van der Waals surface area contributed by atoms with E-state index in [9.17, 15) is 4.79 Å². The average molecular weight is 192 g/mol. The summed E-state index contributed by atoms with van der Waals surface area (Å²) < 4.78 is 0. The molecule has 2 rings (SSSR count). The number of carboxylic acids is 1. The molecular weight excluding hydrogens is 180 g/mol. The zero-order valence-electron chi connectivity index (χ0n) is 7.81. The van der Waals surface area contributed by atoms with E-state index in [-0.39, 0.29) is 5.69 Å². The Morgan fingerprint density at radius 1 is 1.36 bits per heavy atom. The largest absolute Gasteiger partial charge is 0.477 e. The highest BCUT2D eigenvalue weighted by atomic mass is 16.4. The molecule has 1 aromatic rings. The van der Waals surface area contributed by atoms with Crippen molar-refractivity contribution in [2.24, 2.45) is 0 Å². The van der Waals surface area contributed by atoms with Crippen molar-refractivity contribution in [1.82, 2.24) is 9.97 Å². The van der Waals surface area contributed by atoms with Crippen LogP contribution < -0.4 is 0 Å². The molecule has 0 aromatic carbocycles. The van der Waals surface area contributed by atoms with Crippen LogP contribution in [0.15, 0.2) is 12.4 Å². The maximum Gasteiger partial charge on any atom is 0.354 e. The van der Waals surface area contributed by atoms with Crippen LogP contribution in [0.2, 0.25) is 0 Å². The fraction of sp³-hybridized carbons (Fsp3) is 0.500. The maximum atomic E-state index is 10.7. The van der Waals surface area contributed by atoms with E-state index in [0.717, 1.165) is 18.5 Å². The minimum atomic E-state index is -0.980. The second-order valence-corrected chi connectivity index (χ2v) is 3.61. The van der Waals surface area contributed by atoms with Gasteiger partial charge in [0.25, 0.3) is 0 Å². The van der Waals surface area contributed by atoms with E-state index in [1.807, 2.05) is 0 Å². The molecule has 1 heterocycles. The van der Waals surface area contributed by atoms with Crippen molar-refractivity contribution in [1.29, 1.82) is 0 Å². The minimum Gasteiger partial charge on any atom is -0.477 e. The molecule has 0 aliphatic heterocycles. The van der Waals surface area contributed by atoms with Crippen molar-refractivity contribution in [3.05, 3.63) is 23.8 Å². The smallest absolute Gasteiger partial charge is 0.354 e. The summed E-state index contributed by atoms with van der Waals surface area (Å²) in [5.74, 6) is -0.539. The van der Waals surface area contributed by atoms with Gasteiger partial charge >= 0.3 is 5.97 Å². The maximum absolute atomic E-state index is 10.7. The minimum absolute atomic E-state index is 0.0990. The third kappa shape index (κ3) is 1.73. The number of nitrogens with zero attached hydrogens (tertiary/aromatic N) is 2. The molecule has 1 aliphatic carbocycles. The summed E-state index contributed by atoms with van der Waals surface area (Å²) >= 11 is 0. The summed E-state index contributed by atoms with van der Waals surface area (Å²) in [6, 6.07) is 1.60. The Balaban J connectivity index is 2.25. The van der Waals surface area contributed by atoms with Crippen LogP contribution in [-0.4, -0.2) is 21.0 Å². The Labute approximate surface area is 82.0 Å². The van der Waals surface area contributed by atoms with Gasteiger partial charge in [-0.05, 0) is 18.9 Å². The van der Waals surface area contributed by atoms with Crippen LogP contribution >= 0.6 is 0 Å². The number of carboxylic acid groups (broad SMARTS) is 1. The molecule has 0 atom stereocenters. The molecule has 0 amide bonds. The van der Waals surface area contributed by atoms with Crippen molar-refractivity contribution >= 4 is 5.97 Å². The molecule has 14 heavy (non-hydrogen) atoms. The van der Waals surface area contributed by atoms with Gasteiger partial charge in [-0.1, -0.05) is 12.8 Å². The summed E-state index contributed by atoms with van der Waals surface area (Å²) in [5, 5.41) is 8.76. The predicted molar refractivity (Wildman–Crippen MR) is 50.2 cm³/mol. The molecule has 4 nitrogen and oxygen atoms in total. The van der Waals surface area contributed by atoms with E-state index in [4.69, 9.17) is 5.11 Å². The summed E-state index contributed by atoms with van der Waals surface area (Å²) in [5.41, 5.74) is 0.983. The topological polar surface area (TPSA) is 63.1 Å². The van der Waals surface area contributed by atoms with Crippen molar-refractivity contribution in [2.45, 2.75) is 31.6 Å². The van der Waals surface area contributed by atoms with Gasteiger partial charge < -0.3 is 5.11 Å². The van der Waals surface area contributed by atoms with Gasteiger partial charge in [0.15, 0.2) is 5.69 Å². The number of hydrogen-bond donors (Lipinski definition) is 1. The second kappa shape index (κ2) is 3.74. The number of aromatic nitrogens is 2. The second-order valence-electron chi connectivity index (χ2n) is 3.61. The van der Waals surface area contributed by atoms with Crippen molar-refractivity contribution in [2.75, 3.05) is 0 Å². The van der Waals surface area contributed by atoms with E-state index in [1.165, 1.54) is 19.2 Å². The van der Waals surface area contributed by atoms with Crippen molar-refractivity contribution in [3.63, 3.8) is 0 Å². The Bertz CT molecular complexity index is 346. The number of rotatable bonds is 2. The van der Waals surface area contributed by atoms with Crippen LogP contribution in [-0.2, 0) is 0 Å². The first kappa shape index (κ1) is 9.12. The molecule has 0 spiro atoms. The van der Waals surface area contributed by atoms with Crippen LogP contribution in [0, 0.1) is 0 Å². The fourth-order valence-corrected chi connectivity index (χ4v) is 1.93. The summed E-state index contributed by atoms with van der Waals surface area (Å²) in [4.78, 5) is 18.5. The van der Waals surface area contributed by atoms with Crippen LogP contribution in [0.3, 0.4) is 0 Å². The fourth-order valence-electron chi connectivity index (χ4n) is 1.93. The highest BCUT2D eigenvalue weighted by Gasteiger charge is 2.19. The lowest BCUT2D eigenvalue weighted by Crippen LogP contribution is -2.04. The molecule has 0 unspecified atom stereocenters. The van der Waals surface area contributed by atoms with E-state index in [0.29, 0.717) is 5.92 Å². The number of hydrogen-bond acceptors (Lipinski definition) is 3. The van der Waals surface area contributed by atoms with Gasteiger partial charge in [-0.25, -0.2) is 14.8 Å². The highest BCUT2D eigenvalue weighted by Crippen LogP contribution is 2.32. The summed E-state index contributed by atoms with van der Waals surface area (Å²) in [7, 11) is 0. The van der Waals surface area contributed by atoms with Gasteiger partial charge in [0.2, 0.25) is 0 Å². The quantitative estimate of drug-likeness (QED) is 0.776. The standard InChI is InChI=1S/C10H12N2O2/c13-10(14)9-5-8(11-6-12-9)7-3-1-2-4-7/h5-7H,1-4H2,(H,13,14). The number of aromatic carboxylic acids is 1. The van der Waals surface area contributed by atoms with E-state index in [2.05, 4.69) is 9.97 Å². The molecule has 1 N–H and O–H groups in total. The first-order valence-electron chi connectivity index (χ1n) is 4.82. The highest BCUT2D eigenvalue weighted by molar-refractivity contribution is 5.85. The Hall–Kier alpha value is -1.45. The molecule has 0 radical (unpaired) electrons. The van der Waals surface area contributed by atoms with Crippen molar-refractivity contribution < 1.29 is 9.90 Å². The van der Waals surface area contributed by atoms with Gasteiger partial charge in [-0.15, -0.1) is 0 Å². The van der Waals surface area contributed by atoms with Gasteiger partial charge in [-0.2, -0.15) is 0 Å². The van der Waals surface area contributed by atoms with Crippen LogP contribution in [0.4, 0.5) is 0 Å². The van der Waals surface area contributed by atoms with Gasteiger partial charge in [0.1, 0.15) is 6.33 Å². The predicted octanol–water partition coefficient (Wildman–Crippen LogP) is 1.83. The summed E-state index contributed by atoms with van der Waals surface area (Å²) in [6.45, 7) is 0. The first-order valence-corrected chi connectivity index (χ1v) is 4.82. The molecular formula is C10H12N2O2. The Kier molecular flexibility index (Phi) is 2.43.